The van der Waals surface area contributed by atoms with Crippen molar-refractivity contribution in [2.24, 2.45) is 0 Å². The van der Waals surface area contributed by atoms with Crippen molar-refractivity contribution < 1.29 is 23.1 Å². The van der Waals surface area contributed by atoms with E-state index < -0.39 is 17.7 Å². The smallest absolute Gasteiger partial charge is 0.223 e. The molecule has 6 heteroatoms. The molecule has 1 aromatic heterocycles. The summed E-state index contributed by atoms with van der Waals surface area (Å²) in [7, 11) is 0. The largest absolute Gasteiger partial charge is 0.467 e. The van der Waals surface area contributed by atoms with Gasteiger partial charge in [-0.15, -0.1) is 0 Å². The van der Waals surface area contributed by atoms with E-state index in [1.165, 1.54) is 18.4 Å². The molecule has 0 bridgehead atoms. The molecule has 3 rings (SSSR count). The fourth-order valence-electron chi connectivity index (χ4n) is 3.39. The predicted octanol–water partition coefficient (Wildman–Crippen LogP) is 3.61. The van der Waals surface area contributed by atoms with E-state index in [9.17, 15) is 18.7 Å². The molecule has 1 aliphatic heterocycles. The lowest BCUT2D eigenvalue weighted by atomic mass is 10.0. The molecule has 25 heavy (non-hydrogen) atoms. The van der Waals surface area contributed by atoms with Gasteiger partial charge in [-0.1, -0.05) is 12.1 Å². The molecule has 1 fully saturated rings. The Balaban J connectivity index is 1.58. The van der Waals surface area contributed by atoms with Gasteiger partial charge >= 0.3 is 0 Å². The van der Waals surface area contributed by atoms with Crippen molar-refractivity contribution in [2.45, 2.75) is 44.2 Å². The molecule has 4 nitrogen and oxygen atoms in total. The van der Waals surface area contributed by atoms with Crippen LogP contribution in [0.25, 0.3) is 0 Å². The molecule has 2 unspecified atom stereocenters. The maximum absolute atomic E-state index is 13.7. The van der Waals surface area contributed by atoms with Crippen molar-refractivity contribution in [2.75, 3.05) is 6.54 Å². The number of carbonyl (C=O) groups excluding carboxylic acids is 1. The molecular weight excluding hydrogens is 328 g/mol. The number of furan rings is 1. The number of likely N-dealkylation sites (tertiary alicyclic amines) is 1. The molecular formula is C19H21F2NO3. The summed E-state index contributed by atoms with van der Waals surface area (Å²) < 4.78 is 32.1. The third kappa shape index (κ3) is 4.07. The minimum Gasteiger partial charge on any atom is -0.467 e. The zero-order valence-corrected chi connectivity index (χ0v) is 13.8. The van der Waals surface area contributed by atoms with Gasteiger partial charge in [-0.3, -0.25) is 4.79 Å². The summed E-state index contributed by atoms with van der Waals surface area (Å²) in [5.41, 5.74) is 0.208. The summed E-state index contributed by atoms with van der Waals surface area (Å²) in [5, 5.41) is 10.2. The highest BCUT2D eigenvalue weighted by atomic mass is 19.2. The molecule has 2 heterocycles. The third-order valence-electron chi connectivity index (χ3n) is 4.70. The molecule has 2 atom stereocenters. The molecule has 1 saturated heterocycles. The first kappa shape index (κ1) is 17.6. The number of halogens is 2. The fourth-order valence-corrected chi connectivity index (χ4v) is 3.39. The Hall–Kier alpha value is -2.21. The van der Waals surface area contributed by atoms with Crippen molar-refractivity contribution >= 4 is 5.91 Å². The van der Waals surface area contributed by atoms with Gasteiger partial charge in [0.2, 0.25) is 5.91 Å². The van der Waals surface area contributed by atoms with E-state index in [1.807, 2.05) is 0 Å². The summed E-state index contributed by atoms with van der Waals surface area (Å²) in [5.74, 6) is -1.40. The van der Waals surface area contributed by atoms with Crippen LogP contribution in [0.4, 0.5) is 8.78 Å². The van der Waals surface area contributed by atoms with Gasteiger partial charge in [-0.2, -0.15) is 0 Å². The van der Waals surface area contributed by atoms with Gasteiger partial charge in [-0.05, 0) is 43.0 Å². The zero-order chi connectivity index (χ0) is 17.8. The van der Waals surface area contributed by atoms with Gasteiger partial charge in [-0.25, -0.2) is 8.78 Å². The number of hydrogen-bond donors (Lipinski definition) is 1. The first-order chi connectivity index (χ1) is 12.1. The second-order valence-electron chi connectivity index (χ2n) is 6.36. The Morgan fingerprint density at radius 3 is 2.92 bits per heavy atom. The Kier molecular flexibility index (Phi) is 5.48. The van der Waals surface area contributed by atoms with E-state index in [1.54, 1.807) is 17.0 Å². The van der Waals surface area contributed by atoms with Gasteiger partial charge in [0, 0.05) is 25.4 Å². The average Bonchev–Trinajstić information content (AvgIpc) is 3.27. The third-order valence-corrected chi connectivity index (χ3v) is 4.70. The number of rotatable bonds is 6. The number of benzene rings is 1. The van der Waals surface area contributed by atoms with Crippen molar-refractivity contribution in [3.8, 4) is 0 Å². The number of aryl methyl sites for hydroxylation is 1. The van der Waals surface area contributed by atoms with Gasteiger partial charge in [0.05, 0.1) is 6.26 Å². The fraction of sp³-hybridized carbons (Fsp3) is 0.421. The topological polar surface area (TPSA) is 53.7 Å². The highest BCUT2D eigenvalue weighted by Crippen LogP contribution is 2.28. The van der Waals surface area contributed by atoms with Crippen LogP contribution in [0.2, 0.25) is 0 Å². The molecule has 1 aliphatic rings. The first-order valence-electron chi connectivity index (χ1n) is 8.50. The van der Waals surface area contributed by atoms with Crippen LogP contribution in [-0.4, -0.2) is 28.5 Å². The van der Waals surface area contributed by atoms with Crippen molar-refractivity contribution in [1.29, 1.82) is 0 Å². The average molecular weight is 349 g/mol. The number of nitrogens with zero attached hydrogens (tertiary/aromatic N) is 1. The summed E-state index contributed by atoms with van der Waals surface area (Å²) in [6.07, 6.45) is 3.12. The maximum atomic E-state index is 13.7. The molecule has 0 spiro atoms. The molecule has 1 amide bonds. The molecule has 1 aromatic carbocycles. The minimum absolute atomic E-state index is 0.0649. The summed E-state index contributed by atoms with van der Waals surface area (Å²) in [6.45, 7) is 0.625. The summed E-state index contributed by atoms with van der Waals surface area (Å²) >= 11 is 0. The van der Waals surface area contributed by atoms with Gasteiger partial charge in [0.1, 0.15) is 11.9 Å². The zero-order valence-electron chi connectivity index (χ0n) is 13.8. The van der Waals surface area contributed by atoms with E-state index in [2.05, 4.69) is 0 Å². The molecule has 134 valence electrons. The standard InChI is InChI=1S/C19H21F2NO3/c20-15-6-1-4-13(19(15)21)8-9-18(24)22-10-2-5-14(22)12-16(23)17-7-3-11-25-17/h1,3-4,6-7,11,14,16,23H,2,5,8-10,12H2. The van der Waals surface area contributed by atoms with Crippen LogP contribution >= 0.6 is 0 Å². The molecule has 0 aliphatic carbocycles. The van der Waals surface area contributed by atoms with Gasteiger partial charge in [0.25, 0.3) is 0 Å². The van der Waals surface area contributed by atoms with Crippen molar-refractivity contribution in [3.63, 3.8) is 0 Å². The number of carbonyl (C=O) groups is 1. The van der Waals surface area contributed by atoms with Crippen LogP contribution in [0.1, 0.15) is 43.1 Å². The lowest BCUT2D eigenvalue weighted by molar-refractivity contribution is -0.132. The Labute approximate surface area is 145 Å². The Bertz CT molecular complexity index is 717. The first-order valence-corrected chi connectivity index (χ1v) is 8.50. The maximum Gasteiger partial charge on any atom is 0.223 e. The molecule has 0 radical (unpaired) electrons. The van der Waals surface area contributed by atoms with E-state index in [-0.39, 0.29) is 30.4 Å². The van der Waals surface area contributed by atoms with Crippen LogP contribution in [0, 0.1) is 11.6 Å². The van der Waals surface area contributed by atoms with Crippen molar-refractivity contribution in [3.05, 3.63) is 59.6 Å². The highest BCUT2D eigenvalue weighted by Gasteiger charge is 2.31. The van der Waals surface area contributed by atoms with Crippen molar-refractivity contribution in [1.82, 2.24) is 4.90 Å². The van der Waals surface area contributed by atoms with Crippen LogP contribution in [0.3, 0.4) is 0 Å². The number of aliphatic hydroxyl groups is 1. The van der Waals surface area contributed by atoms with Crippen LogP contribution in [-0.2, 0) is 11.2 Å². The van der Waals surface area contributed by atoms with Gasteiger partial charge in [0.15, 0.2) is 11.6 Å². The van der Waals surface area contributed by atoms with E-state index >= 15 is 0 Å². The van der Waals surface area contributed by atoms with Crippen LogP contribution in [0.5, 0.6) is 0 Å². The van der Waals surface area contributed by atoms with Crippen LogP contribution < -0.4 is 0 Å². The minimum atomic E-state index is -0.898. The van der Waals surface area contributed by atoms with E-state index in [4.69, 9.17) is 4.42 Å². The SMILES string of the molecule is O=C(CCc1cccc(F)c1F)N1CCCC1CC(O)c1ccco1. The van der Waals surface area contributed by atoms with Crippen LogP contribution in [0.15, 0.2) is 41.0 Å². The lowest BCUT2D eigenvalue weighted by Gasteiger charge is -2.26. The monoisotopic (exact) mass is 349 g/mol. The number of amides is 1. The summed E-state index contributed by atoms with van der Waals surface area (Å²) in [4.78, 5) is 14.2. The quantitative estimate of drug-likeness (QED) is 0.867. The van der Waals surface area contributed by atoms with E-state index in [0.717, 1.165) is 18.9 Å². The molecule has 1 N–H and O–H groups in total. The Morgan fingerprint density at radius 2 is 2.16 bits per heavy atom. The van der Waals surface area contributed by atoms with E-state index in [0.29, 0.717) is 18.7 Å². The normalized spacial score (nSPS) is 18.5. The Morgan fingerprint density at radius 1 is 1.32 bits per heavy atom. The summed E-state index contributed by atoms with van der Waals surface area (Å²) in [6, 6.07) is 7.35. The van der Waals surface area contributed by atoms with Gasteiger partial charge < -0.3 is 14.4 Å². The molecule has 2 aromatic rings. The highest BCUT2D eigenvalue weighted by molar-refractivity contribution is 5.77. The second-order valence-corrected chi connectivity index (χ2v) is 6.36. The number of aliphatic hydroxyl groups excluding tert-OH is 1. The number of hydrogen-bond acceptors (Lipinski definition) is 3. The molecule has 0 saturated carbocycles. The predicted molar refractivity (Wildman–Crippen MR) is 87.7 cm³/mol. The lowest BCUT2D eigenvalue weighted by Crippen LogP contribution is -2.36. The second kappa shape index (κ2) is 7.78.